The van der Waals surface area contributed by atoms with Crippen LogP contribution in [0.4, 0.5) is 27.6 Å². The Morgan fingerprint density at radius 1 is 0.850 bits per heavy atom. The molecule has 20 heavy (non-hydrogen) atoms. The molecule has 0 radical (unpaired) electrons. The van der Waals surface area contributed by atoms with Crippen LogP contribution in [0.2, 0.25) is 0 Å². The van der Waals surface area contributed by atoms with Gasteiger partial charge in [0.2, 0.25) is 15.8 Å². The van der Waals surface area contributed by atoms with Gasteiger partial charge in [0, 0.05) is 5.88 Å². The zero-order chi connectivity index (χ0) is 15.5. The summed E-state index contributed by atoms with van der Waals surface area (Å²) in [4.78, 5) is 0. The lowest BCUT2D eigenvalue weighted by molar-refractivity contribution is 0.382. The molecule has 0 atom stereocenters. The van der Waals surface area contributed by atoms with Gasteiger partial charge in [0.05, 0.1) is 5.75 Å². The van der Waals surface area contributed by atoms with Gasteiger partial charge in [0.15, 0.2) is 23.3 Å². The predicted octanol–water partition coefficient (Wildman–Crippen LogP) is 3.14. The Balaban J connectivity index is 3.10. The minimum Gasteiger partial charge on any atom is -0.278 e. The molecule has 3 nitrogen and oxygen atoms in total. The van der Waals surface area contributed by atoms with E-state index in [-0.39, 0.29) is 12.3 Å². The fourth-order valence-corrected chi connectivity index (χ4v) is 2.65. The molecule has 0 bridgehead atoms. The number of unbranched alkanes of at least 4 members (excludes halogenated alkanes) is 1. The lowest BCUT2D eigenvalue weighted by Gasteiger charge is -2.11. The van der Waals surface area contributed by atoms with E-state index >= 15 is 0 Å². The van der Waals surface area contributed by atoms with E-state index in [4.69, 9.17) is 11.6 Å². The van der Waals surface area contributed by atoms with Crippen LogP contribution in [0.15, 0.2) is 0 Å². The number of rotatable bonds is 6. The minimum atomic E-state index is -4.24. The van der Waals surface area contributed by atoms with E-state index in [0.29, 0.717) is 6.42 Å². The first-order chi connectivity index (χ1) is 9.21. The second-order valence-electron chi connectivity index (χ2n) is 3.76. The maximum Gasteiger partial charge on any atom is 0.232 e. The quantitative estimate of drug-likeness (QED) is 0.285. The molecule has 0 spiro atoms. The van der Waals surface area contributed by atoms with E-state index in [0.717, 1.165) is 0 Å². The molecule has 10 heteroatoms. The molecule has 0 amide bonds. The third-order valence-electron chi connectivity index (χ3n) is 2.26. The van der Waals surface area contributed by atoms with Gasteiger partial charge in [-0.3, -0.25) is 4.72 Å². The highest BCUT2D eigenvalue weighted by molar-refractivity contribution is 7.92. The molecule has 1 aromatic rings. The minimum absolute atomic E-state index is 0.0776. The van der Waals surface area contributed by atoms with Crippen LogP contribution < -0.4 is 4.72 Å². The van der Waals surface area contributed by atoms with Gasteiger partial charge in [0.25, 0.3) is 0 Å². The van der Waals surface area contributed by atoms with Crippen LogP contribution in [-0.4, -0.2) is 20.1 Å². The monoisotopic (exact) mass is 337 g/mol. The first-order valence-corrected chi connectivity index (χ1v) is 7.48. The number of nitrogens with one attached hydrogen (secondary N) is 1. The van der Waals surface area contributed by atoms with E-state index in [1.54, 1.807) is 0 Å². The molecule has 0 aliphatic carbocycles. The summed E-state index contributed by atoms with van der Waals surface area (Å²) in [6, 6.07) is 0. The van der Waals surface area contributed by atoms with Crippen LogP contribution in [-0.2, 0) is 10.0 Å². The van der Waals surface area contributed by atoms with Crippen LogP contribution in [0.3, 0.4) is 0 Å². The smallest absolute Gasteiger partial charge is 0.232 e. The lowest BCUT2D eigenvalue weighted by Crippen LogP contribution is -2.20. The molecule has 0 aliphatic heterocycles. The van der Waals surface area contributed by atoms with Crippen molar-refractivity contribution in [3.63, 3.8) is 0 Å². The van der Waals surface area contributed by atoms with Crippen molar-refractivity contribution in [2.45, 2.75) is 12.8 Å². The number of anilines is 1. The molecule has 1 rings (SSSR count). The van der Waals surface area contributed by atoms with Gasteiger partial charge in [-0.1, -0.05) is 0 Å². The predicted molar refractivity (Wildman–Crippen MR) is 63.6 cm³/mol. The summed E-state index contributed by atoms with van der Waals surface area (Å²) in [5.41, 5.74) is -1.59. The van der Waals surface area contributed by atoms with Gasteiger partial charge in [-0.2, -0.15) is 0 Å². The lowest BCUT2D eigenvalue weighted by atomic mass is 10.2. The fourth-order valence-electron chi connectivity index (χ4n) is 1.29. The normalized spacial score (nSPS) is 11.7. The van der Waals surface area contributed by atoms with Crippen molar-refractivity contribution in [2.24, 2.45) is 0 Å². The summed E-state index contributed by atoms with van der Waals surface area (Å²) >= 11 is 5.32. The average molecular weight is 338 g/mol. The summed E-state index contributed by atoms with van der Waals surface area (Å²) in [5.74, 6) is -11.6. The Morgan fingerprint density at radius 3 is 1.75 bits per heavy atom. The van der Waals surface area contributed by atoms with Gasteiger partial charge in [-0.25, -0.2) is 30.4 Å². The number of alkyl halides is 1. The number of hydrogen-bond acceptors (Lipinski definition) is 2. The molecule has 0 saturated carbocycles. The van der Waals surface area contributed by atoms with Crippen LogP contribution in [0.1, 0.15) is 12.8 Å². The van der Waals surface area contributed by atoms with Crippen molar-refractivity contribution in [3.05, 3.63) is 29.1 Å². The second kappa shape index (κ2) is 6.57. The Labute approximate surface area is 116 Å². The van der Waals surface area contributed by atoms with Crippen molar-refractivity contribution in [1.82, 2.24) is 0 Å². The second-order valence-corrected chi connectivity index (χ2v) is 5.98. The highest BCUT2D eigenvalue weighted by Gasteiger charge is 2.28. The third kappa shape index (κ3) is 3.72. The topological polar surface area (TPSA) is 46.2 Å². The van der Waals surface area contributed by atoms with E-state index in [1.165, 1.54) is 4.72 Å². The molecule has 0 unspecified atom stereocenters. The van der Waals surface area contributed by atoms with E-state index in [1.807, 2.05) is 0 Å². The van der Waals surface area contributed by atoms with Crippen molar-refractivity contribution >= 4 is 27.3 Å². The summed E-state index contributed by atoms with van der Waals surface area (Å²) in [6.07, 6.45) is 0.397. The molecule has 0 aliphatic rings. The summed E-state index contributed by atoms with van der Waals surface area (Å²) in [6.45, 7) is 0. The van der Waals surface area contributed by atoms with Crippen LogP contribution in [0.5, 0.6) is 0 Å². The standard InChI is InChI=1S/C10H9ClF5NO2S/c11-3-1-2-4-20(18,19)17-10-8(15)6(13)5(12)7(14)9(10)16/h17H,1-4H2. The first-order valence-electron chi connectivity index (χ1n) is 5.29. The molecular weight excluding hydrogens is 329 g/mol. The van der Waals surface area contributed by atoms with Crippen LogP contribution in [0.25, 0.3) is 0 Å². The molecular formula is C10H9ClF5NO2S. The fraction of sp³-hybridized carbons (Fsp3) is 0.400. The maximum absolute atomic E-state index is 13.3. The van der Waals surface area contributed by atoms with Gasteiger partial charge in [-0.05, 0) is 12.8 Å². The highest BCUT2D eigenvalue weighted by atomic mass is 35.5. The van der Waals surface area contributed by atoms with Gasteiger partial charge >= 0.3 is 0 Å². The average Bonchev–Trinajstić information content (AvgIpc) is 2.39. The Bertz CT molecular complexity index is 579. The number of benzene rings is 1. The molecule has 114 valence electrons. The van der Waals surface area contributed by atoms with Gasteiger partial charge in [0.1, 0.15) is 5.69 Å². The van der Waals surface area contributed by atoms with E-state index in [2.05, 4.69) is 0 Å². The van der Waals surface area contributed by atoms with Crippen molar-refractivity contribution in [2.75, 3.05) is 16.4 Å². The largest absolute Gasteiger partial charge is 0.278 e. The molecule has 0 saturated heterocycles. The molecule has 1 aromatic carbocycles. The third-order valence-corrected chi connectivity index (χ3v) is 3.87. The molecule has 0 fully saturated rings. The number of sulfonamides is 1. The Morgan fingerprint density at radius 2 is 1.30 bits per heavy atom. The number of halogens is 6. The van der Waals surface area contributed by atoms with Gasteiger partial charge < -0.3 is 0 Å². The first kappa shape index (κ1) is 17.0. The SMILES string of the molecule is O=S(=O)(CCCCCl)Nc1c(F)c(F)c(F)c(F)c1F. The Kier molecular flexibility index (Phi) is 5.58. The van der Waals surface area contributed by atoms with Crippen molar-refractivity contribution < 1.29 is 30.4 Å². The van der Waals surface area contributed by atoms with E-state index in [9.17, 15) is 30.4 Å². The summed E-state index contributed by atoms with van der Waals surface area (Å²) in [5, 5.41) is 0. The van der Waals surface area contributed by atoms with Crippen molar-refractivity contribution in [1.29, 1.82) is 0 Å². The molecule has 0 heterocycles. The zero-order valence-electron chi connectivity index (χ0n) is 9.82. The highest BCUT2D eigenvalue weighted by Crippen LogP contribution is 2.27. The number of hydrogen-bond donors (Lipinski definition) is 1. The maximum atomic E-state index is 13.3. The molecule has 1 N–H and O–H groups in total. The molecule has 0 aromatic heterocycles. The Hall–Kier alpha value is -1.09. The summed E-state index contributed by atoms with van der Waals surface area (Å²) < 4.78 is 89.3. The zero-order valence-corrected chi connectivity index (χ0v) is 11.4. The van der Waals surface area contributed by atoms with Crippen LogP contribution >= 0.6 is 11.6 Å². The van der Waals surface area contributed by atoms with Gasteiger partial charge in [-0.15, -0.1) is 11.6 Å². The van der Waals surface area contributed by atoms with Crippen molar-refractivity contribution in [3.8, 4) is 0 Å². The van der Waals surface area contributed by atoms with E-state index < -0.39 is 50.5 Å². The van der Waals surface area contributed by atoms with Crippen LogP contribution in [0, 0.1) is 29.1 Å². The summed E-state index contributed by atoms with van der Waals surface area (Å²) in [7, 11) is -4.24.